The van der Waals surface area contributed by atoms with Gasteiger partial charge in [-0.1, -0.05) is 6.07 Å². The van der Waals surface area contributed by atoms with Crippen molar-refractivity contribution in [3.63, 3.8) is 0 Å². The van der Waals surface area contributed by atoms with Gasteiger partial charge >= 0.3 is 0 Å². The van der Waals surface area contributed by atoms with Gasteiger partial charge < -0.3 is 10.5 Å². The van der Waals surface area contributed by atoms with E-state index in [1.807, 2.05) is 26.8 Å². The van der Waals surface area contributed by atoms with Gasteiger partial charge in [0.1, 0.15) is 5.75 Å². The van der Waals surface area contributed by atoms with Crippen molar-refractivity contribution in [1.82, 2.24) is 0 Å². The molecule has 16 heavy (non-hydrogen) atoms. The highest BCUT2D eigenvalue weighted by Crippen LogP contribution is 2.30. The first-order valence-corrected chi connectivity index (χ1v) is 5.41. The van der Waals surface area contributed by atoms with Gasteiger partial charge in [-0.05, 0) is 44.0 Å². The van der Waals surface area contributed by atoms with Crippen molar-refractivity contribution in [1.29, 1.82) is 0 Å². The Bertz CT molecular complexity index is 411. The van der Waals surface area contributed by atoms with Crippen LogP contribution in [0.15, 0.2) is 6.07 Å². The Labute approximate surface area is 96.6 Å². The van der Waals surface area contributed by atoms with Crippen LogP contribution in [0, 0.1) is 20.8 Å². The smallest absolute Gasteiger partial charge is 0.168 e. The van der Waals surface area contributed by atoms with Crippen LogP contribution in [0.2, 0.25) is 0 Å². The minimum Gasteiger partial charge on any atom is -0.496 e. The molecule has 0 aliphatic carbocycles. The van der Waals surface area contributed by atoms with Crippen molar-refractivity contribution in [2.45, 2.75) is 27.2 Å². The van der Waals surface area contributed by atoms with Crippen molar-refractivity contribution >= 4 is 5.78 Å². The fraction of sp³-hybridized carbons (Fsp3) is 0.462. The van der Waals surface area contributed by atoms with Crippen LogP contribution in [-0.2, 0) is 0 Å². The number of Topliss-reactive ketones (excluding diaryl/α,β-unsaturated/α-hetero) is 1. The molecule has 0 bridgehead atoms. The second-order valence-electron chi connectivity index (χ2n) is 4.01. The number of rotatable bonds is 4. The van der Waals surface area contributed by atoms with Crippen molar-refractivity contribution in [2.24, 2.45) is 5.73 Å². The predicted octanol–water partition coefficient (Wildman–Crippen LogP) is 2.15. The van der Waals surface area contributed by atoms with Gasteiger partial charge in [-0.15, -0.1) is 0 Å². The van der Waals surface area contributed by atoms with Gasteiger partial charge in [0.25, 0.3) is 0 Å². The molecule has 0 heterocycles. The van der Waals surface area contributed by atoms with E-state index >= 15 is 0 Å². The van der Waals surface area contributed by atoms with E-state index in [-0.39, 0.29) is 5.78 Å². The van der Waals surface area contributed by atoms with Crippen molar-refractivity contribution in [3.05, 3.63) is 28.3 Å². The van der Waals surface area contributed by atoms with E-state index in [4.69, 9.17) is 10.5 Å². The van der Waals surface area contributed by atoms with Crippen molar-refractivity contribution < 1.29 is 9.53 Å². The van der Waals surface area contributed by atoms with E-state index in [1.165, 1.54) is 0 Å². The van der Waals surface area contributed by atoms with Gasteiger partial charge in [0.15, 0.2) is 5.78 Å². The lowest BCUT2D eigenvalue weighted by Crippen LogP contribution is -2.12. The van der Waals surface area contributed by atoms with Gasteiger partial charge in [0.05, 0.1) is 12.7 Å². The lowest BCUT2D eigenvalue weighted by molar-refractivity contribution is 0.0981. The molecular formula is C13H19NO2. The second kappa shape index (κ2) is 5.12. The maximum atomic E-state index is 11.9. The zero-order valence-corrected chi connectivity index (χ0v) is 10.4. The summed E-state index contributed by atoms with van der Waals surface area (Å²) in [6, 6.07) is 2.02. The fourth-order valence-electron chi connectivity index (χ4n) is 1.91. The molecule has 0 aliphatic heterocycles. The molecule has 0 unspecified atom stereocenters. The van der Waals surface area contributed by atoms with E-state index in [0.717, 1.165) is 16.7 Å². The van der Waals surface area contributed by atoms with Crippen LogP contribution in [0.25, 0.3) is 0 Å². The summed E-state index contributed by atoms with van der Waals surface area (Å²) >= 11 is 0. The third kappa shape index (κ3) is 2.25. The highest BCUT2D eigenvalue weighted by atomic mass is 16.5. The van der Waals surface area contributed by atoms with Crippen LogP contribution >= 0.6 is 0 Å². The van der Waals surface area contributed by atoms with Crippen molar-refractivity contribution in [3.8, 4) is 5.75 Å². The lowest BCUT2D eigenvalue weighted by atomic mass is 9.95. The molecule has 0 amide bonds. The minimum absolute atomic E-state index is 0.0555. The third-order valence-corrected chi connectivity index (χ3v) is 2.84. The predicted molar refractivity (Wildman–Crippen MR) is 65.2 cm³/mol. The Morgan fingerprint density at radius 2 is 1.94 bits per heavy atom. The average molecular weight is 221 g/mol. The third-order valence-electron chi connectivity index (χ3n) is 2.84. The Kier molecular flexibility index (Phi) is 4.07. The Morgan fingerprint density at radius 3 is 2.44 bits per heavy atom. The molecule has 0 radical (unpaired) electrons. The molecule has 3 heteroatoms. The number of methoxy groups -OCH3 is 1. The average Bonchev–Trinajstić information content (AvgIpc) is 2.23. The highest BCUT2D eigenvalue weighted by molar-refractivity contribution is 6.00. The van der Waals surface area contributed by atoms with Crippen LogP contribution in [0.4, 0.5) is 0 Å². The normalized spacial score (nSPS) is 10.3. The molecule has 1 aromatic carbocycles. The summed E-state index contributed by atoms with van der Waals surface area (Å²) in [6.45, 7) is 6.28. The molecule has 88 valence electrons. The van der Waals surface area contributed by atoms with Crippen LogP contribution in [0.3, 0.4) is 0 Å². The minimum atomic E-state index is 0.0555. The number of hydrogen-bond donors (Lipinski definition) is 1. The van der Waals surface area contributed by atoms with E-state index in [1.54, 1.807) is 7.11 Å². The largest absolute Gasteiger partial charge is 0.496 e. The molecule has 3 nitrogen and oxygen atoms in total. The molecule has 0 saturated carbocycles. The Balaban J connectivity index is 3.36. The number of nitrogens with two attached hydrogens (primary N) is 1. The summed E-state index contributed by atoms with van der Waals surface area (Å²) in [5.41, 5.74) is 9.21. The lowest BCUT2D eigenvalue weighted by Gasteiger charge is -2.15. The fourth-order valence-corrected chi connectivity index (χ4v) is 1.91. The zero-order chi connectivity index (χ0) is 12.3. The Hall–Kier alpha value is -1.35. The quantitative estimate of drug-likeness (QED) is 0.793. The van der Waals surface area contributed by atoms with Crippen molar-refractivity contribution in [2.75, 3.05) is 13.7 Å². The SMILES string of the molecule is COc1c(C)c(C)cc(C)c1C(=O)CCN. The van der Waals surface area contributed by atoms with Gasteiger partial charge in [-0.3, -0.25) is 4.79 Å². The summed E-state index contributed by atoms with van der Waals surface area (Å²) < 4.78 is 5.34. The molecule has 2 N–H and O–H groups in total. The van der Waals surface area contributed by atoms with Gasteiger partial charge in [-0.2, -0.15) is 0 Å². The van der Waals surface area contributed by atoms with Crippen LogP contribution in [-0.4, -0.2) is 19.4 Å². The molecule has 0 aliphatic rings. The maximum Gasteiger partial charge on any atom is 0.168 e. The standard InChI is InChI=1S/C13H19NO2/c1-8-7-9(2)12(11(15)5-6-14)13(16-4)10(8)3/h7H,5-6,14H2,1-4H3. The molecular weight excluding hydrogens is 202 g/mol. The van der Waals surface area contributed by atoms with E-state index in [0.29, 0.717) is 24.3 Å². The molecule has 1 aromatic rings. The van der Waals surface area contributed by atoms with Gasteiger partial charge in [-0.25, -0.2) is 0 Å². The first-order valence-electron chi connectivity index (χ1n) is 5.41. The topological polar surface area (TPSA) is 52.3 Å². The zero-order valence-electron chi connectivity index (χ0n) is 10.4. The highest BCUT2D eigenvalue weighted by Gasteiger charge is 2.17. The molecule has 0 aromatic heterocycles. The number of carbonyl (C=O) groups excluding carboxylic acids is 1. The summed E-state index contributed by atoms with van der Waals surface area (Å²) in [7, 11) is 1.60. The number of hydrogen-bond acceptors (Lipinski definition) is 3. The monoisotopic (exact) mass is 221 g/mol. The first kappa shape index (κ1) is 12.7. The Morgan fingerprint density at radius 1 is 1.31 bits per heavy atom. The summed E-state index contributed by atoms with van der Waals surface area (Å²) in [4.78, 5) is 11.9. The molecule has 0 atom stereocenters. The van der Waals surface area contributed by atoms with Crippen LogP contribution in [0.1, 0.15) is 33.5 Å². The van der Waals surface area contributed by atoms with Gasteiger partial charge in [0.2, 0.25) is 0 Å². The molecule has 1 rings (SSSR count). The molecule has 0 saturated heterocycles. The summed E-state index contributed by atoms with van der Waals surface area (Å²) in [5, 5.41) is 0. The number of benzene rings is 1. The molecule has 0 spiro atoms. The first-order chi connectivity index (χ1) is 7.52. The maximum absolute atomic E-state index is 11.9. The second-order valence-corrected chi connectivity index (χ2v) is 4.01. The molecule has 0 fully saturated rings. The summed E-state index contributed by atoms with van der Waals surface area (Å²) in [6.07, 6.45) is 0.361. The van der Waals surface area contributed by atoms with E-state index in [9.17, 15) is 4.79 Å². The number of ketones is 1. The number of aryl methyl sites for hydroxylation is 2. The van der Waals surface area contributed by atoms with Crippen LogP contribution in [0.5, 0.6) is 5.75 Å². The van der Waals surface area contributed by atoms with Crippen LogP contribution < -0.4 is 10.5 Å². The number of ether oxygens (including phenoxy) is 1. The van der Waals surface area contributed by atoms with E-state index in [2.05, 4.69) is 0 Å². The number of carbonyl (C=O) groups is 1. The van der Waals surface area contributed by atoms with E-state index < -0.39 is 0 Å². The summed E-state index contributed by atoms with van der Waals surface area (Å²) in [5.74, 6) is 0.746. The van der Waals surface area contributed by atoms with Gasteiger partial charge in [0, 0.05) is 6.42 Å².